The van der Waals surface area contributed by atoms with Gasteiger partial charge in [0.1, 0.15) is 10.7 Å². The van der Waals surface area contributed by atoms with E-state index in [0.29, 0.717) is 36.5 Å². The van der Waals surface area contributed by atoms with Gasteiger partial charge in [0.25, 0.3) is 15.9 Å². The molecule has 0 radical (unpaired) electrons. The van der Waals surface area contributed by atoms with Gasteiger partial charge < -0.3 is 10.6 Å². The minimum Gasteiger partial charge on any atom is -0.369 e. The molecule has 25 heavy (non-hydrogen) atoms. The van der Waals surface area contributed by atoms with Gasteiger partial charge in [-0.1, -0.05) is 24.3 Å². The zero-order chi connectivity index (χ0) is 17.9. The van der Waals surface area contributed by atoms with Gasteiger partial charge in [-0.25, -0.2) is 0 Å². The van der Waals surface area contributed by atoms with Crippen molar-refractivity contribution in [3.8, 4) is 0 Å². The standard InChI is InChI=1S/C17H16BrN3O3S/c18-14-8-3-1-6-12(14)17(22)20-11-5-10-19-16-13-7-2-4-9-15(13)25(23,24)21-16/h1-4,6-9H,5,10-11H2,(H,19,21)(H,20,22). The molecule has 0 fully saturated rings. The number of amidine groups is 1. The van der Waals surface area contributed by atoms with Crippen LogP contribution in [0.25, 0.3) is 0 Å². The van der Waals surface area contributed by atoms with Crippen LogP contribution in [0.5, 0.6) is 0 Å². The molecule has 2 N–H and O–H groups in total. The fourth-order valence-corrected chi connectivity index (χ4v) is 4.13. The van der Waals surface area contributed by atoms with E-state index in [1.165, 1.54) is 0 Å². The van der Waals surface area contributed by atoms with E-state index in [9.17, 15) is 13.2 Å². The maximum Gasteiger partial charge on any atom is 0.285 e. The van der Waals surface area contributed by atoms with Crippen molar-refractivity contribution in [2.45, 2.75) is 11.3 Å². The van der Waals surface area contributed by atoms with Gasteiger partial charge in [-0.2, -0.15) is 8.42 Å². The van der Waals surface area contributed by atoms with Crippen molar-refractivity contribution in [2.75, 3.05) is 13.1 Å². The Hall–Kier alpha value is -2.19. The van der Waals surface area contributed by atoms with Crippen LogP contribution >= 0.6 is 15.9 Å². The molecule has 3 rings (SSSR count). The first-order valence-electron chi connectivity index (χ1n) is 7.70. The number of carbonyl (C=O) groups excluding carboxylic acids is 1. The quantitative estimate of drug-likeness (QED) is 0.724. The molecule has 0 unspecified atom stereocenters. The summed E-state index contributed by atoms with van der Waals surface area (Å²) in [5.41, 5.74) is 1.16. The number of nitrogens with one attached hydrogen (secondary N) is 2. The average Bonchev–Trinajstić information content (AvgIpc) is 2.86. The lowest BCUT2D eigenvalue weighted by molar-refractivity contribution is 0.0952. The van der Waals surface area contributed by atoms with Gasteiger partial charge in [-0.05, 0) is 46.6 Å². The summed E-state index contributed by atoms with van der Waals surface area (Å²) in [6.07, 6.45) is 0.636. The van der Waals surface area contributed by atoms with E-state index in [4.69, 9.17) is 0 Å². The zero-order valence-corrected chi connectivity index (χ0v) is 15.6. The number of halogens is 1. The maximum atomic E-state index is 12.1. The average molecular weight is 422 g/mol. The smallest absolute Gasteiger partial charge is 0.285 e. The third-order valence-electron chi connectivity index (χ3n) is 3.68. The molecule has 2 aromatic rings. The summed E-state index contributed by atoms with van der Waals surface area (Å²) in [6, 6.07) is 13.9. The first-order chi connectivity index (χ1) is 12.0. The Bertz CT molecular complexity index is 942. The Morgan fingerprint density at radius 1 is 1.04 bits per heavy atom. The molecule has 8 heteroatoms. The molecule has 1 aliphatic rings. The SMILES string of the molecule is O=C(NCCCNC1=NS(=O)(=O)c2ccccc21)c1ccccc1Br. The molecule has 2 aromatic carbocycles. The topological polar surface area (TPSA) is 87.6 Å². The van der Waals surface area contributed by atoms with Crippen LogP contribution < -0.4 is 10.6 Å². The Balaban J connectivity index is 1.50. The predicted octanol–water partition coefficient (Wildman–Crippen LogP) is 2.31. The third-order valence-corrected chi connectivity index (χ3v) is 5.71. The van der Waals surface area contributed by atoms with Crippen molar-refractivity contribution in [1.29, 1.82) is 0 Å². The normalized spacial score (nSPS) is 14.5. The number of sulfonamides is 1. The molecule has 6 nitrogen and oxygen atoms in total. The number of amides is 1. The van der Waals surface area contributed by atoms with E-state index in [-0.39, 0.29) is 10.8 Å². The molecular formula is C17H16BrN3O3S. The van der Waals surface area contributed by atoms with E-state index >= 15 is 0 Å². The largest absolute Gasteiger partial charge is 0.369 e. The Morgan fingerprint density at radius 3 is 2.56 bits per heavy atom. The maximum absolute atomic E-state index is 12.1. The molecule has 0 atom stereocenters. The molecule has 0 saturated carbocycles. The summed E-state index contributed by atoms with van der Waals surface area (Å²) in [4.78, 5) is 12.3. The van der Waals surface area contributed by atoms with Crippen LogP contribution in [0.3, 0.4) is 0 Å². The first-order valence-corrected chi connectivity index (χ1v) is 9.93. The molecule has 0 aromatic heterocycles. The number of hydrogen-bond donors (Lipinski definition) is 2. The summed E-state index contributed by atoms with van der Waals surface area (Å²) in [5.74, 6) is 0.200. The van der Waals surface area contributed by atoms with Crippen molar-refractivity contribution < 1.29 is 13.2 Å². The number of fused-ring (bicyclic) bond motifs is 1. The van der Waals surface area contributed by atoms with E-state index in [1.807, 2.05) is 12.1 Å². The highest BCUT2D eigenvalue weighted by Crippen LogP contribution is 2.24. The van der Waals surface area contributed by atoms with Crippen LogP contribution in [-0.2, 0) is 10.0 Å². The molecule has 1 heterocycles. The van der Waals surface area contributed by atoms with Crippen LogP contribution in [0, 0.1) is 0 Å². The molecular weight excluding hydrogens is 406 g/mol. The van der Waals surface area contributed by atoms with E-state index < -0.39 is 10.0 Å². The monoisotopic (exact) mass is 421 g/mol. The van der Waals surface area contributed by atoms with Crippen molar-refractivity contribution >= 4 is 37.7 Å². The lowest BCUT2D eigenvalue weighted by Crippen LogP contribution is -2.30. The summed E-state index contributed by atoms with van der Waals surface area (Å²) >= 11 is 3.34. The summed E-state index contributed by atoms with van der Waals surface area (Å²) in [7, 11) is -3.60. The van der Waals surface area contributed by atoms with E-state index in [0.717, 1.165) is 4.47 Å². The lowest BCUT2D eigenvalue weighted by Gasteiger charge is -2.08. The second-order valence-corrected chi connectivity index (χ2v) is 7.85. The summed E-state index contributed by atoms with van der Waals surface area (Å²) in [6.45, 7) is 0.966. The lowest BCUT2D eigenvalue weighted by atomic mass is 10.2. The van der Waals surface area contributed by atoms with Crippen molar-refractivity contribution in [3.05, 3.63) is 64.1 Å². The highest BCUT2D eigenvalue weighted by Gasteiger charge is 2.27. The highest BCUT2D eigenvalue weighted by molar-refractivity contribution is 9.10. The van der Waals surface area contributed by atoms with E-state index in [2.05, 4.69) is 31.0 Å². The van der Waals surface area contributed by atoms with Gasteiger partial charge in [0, 0.05) is 23.1 Å². The third kappa shape index (κ3) is 3.91. The predicted molar refractivity (Wildman–Crippen MR) is 99.3 cm³/mol. The van der Waals surface area contributed by atoms with Gasteiger partial charge >= 0.3 is 0 Å². The molecule has 0 aliphatic carbocycles. The second kappa shape index (κ2) is 7.37. The molecule has 1 aliphatic heterocycles. The van der Waals surface area contributed by atoms with Crippen LogP contribution in [0.1, 0.15) is 22.3 Å². The van der Waals surface area contributed by atoms with Crippen LogP contribution in [0.15, 0.2) is 62.3 Å². The van der Waals surface area contributed by atoms with E-state index in [1.54, 1.807) is 36.4 Å². The van der Waals surface area contributed by atoms with Crippen molar-refractivity contribution in [3.63, 3.8) is 0 Å². The number of hydrogen-bond acceptors (Lipinski definition) is 4. The fourth-order valence-electron chi connectivity index (χ4n) is 2.47. The van der Waals surface area contributed by atoms with Crippen LogP contribution in [-0.4, -0.2) is 33.3 Å². The van der Waals surface area contributed by atoms with Gasteiger partial charge in [-0.15, -0.1) is 4.40 Å². The fraction of sp³-hybridized carbons (Fsp3) is 0.176. The number of benzene rings is 2. The Morgan fingerprint density at radius 2 is 1.76 bits per heavy atom. The van der Waals surface area contributed by atoms with Gasteiger partial charge in [-0.3, -0.25) is 4.79 Å². The van der Waals surface area contributed by atoms with Crippen molar-refractivity contribution in [2.24, 2.45) is 4.40 Å². The minimum absolute atomic E-state index is 0.154. The number of nitrogens with zero attached hydrogens (tertiary/aromatic N) is 1. The van der Waals surface area contributed by atoms with Gasteiger partial charge in [0.2, 0.25) is 0 Å². The highest BCUT2D eigenvalue weighted by atomic mass is 79.9. The molecule has 0 spiro atoms. The number of rotatable bonds is 5. The summed E-state index contributed by atoms with van der Waals surface area (Å²) < 4.78 is 28.4. The van der Waals surface area contributed by atoms with Crippen LogP contribution in [0.2, 0.25) is 0 Å². The molecule has 1 amide bonds. The molecule has 0 bridgehead atoms. The second-order valence-electron chi connectivity index (χ2n) is 5.43. The Labute approximate surface area is 154 Å². The van der Waals surface area contributed by atoms with Gasteiger partial charge in [0.15, 0.2) is 0 Å². The summed E-state index contributed by atoms with van der Waals surface area (Å²) in [5, 5.41) is 5.86. The zero-order valence-electron chi connectivity index (χ0n) is 13.2. The van der Waals surface area contributed by atoms with Crippen molar-refractivity contribution in [1.82, 2.24) is 10.6 Å². The minimum atomic E-state index is -3.60. The van der Waals surface area contributed by atoms with Gasteiger partial charge in [0.05, 0.1) is 5.56 Å². The van der Waals surface area contributed by atoms with Crippen LogP contribution in [0.4, 0.5) is 0 Å². The molecule has 130 valence electrons. The molecule has 0 saturated heterocycles. The number of carbonyl (C=O) groups is 1. The Kier molecular flexibility index (Phi) is 5.19. The first kappa shape index (κ1) is 17.6.